The Balaban J connectivity index is 1.64. The van der Waals surface area contributed by atoms with E-state index in [1.54, 1.807) is 23.2 Å². The van der Waals surface area contributed by atoms with Crippen molar-refractivity contribution in [3.63, 3.8) is 0 Å². The number of rotatable bonds is 3. The lowest BCUT2D eigenvalue weighted by molar-refractivity contribution is -0.133. The van der Waals surface area contributed by atoms with Crippen LogP contribution in [-0.2, 0) is 11.3 Å². The highest BCUT2D eigenvalue weighted by Gasteiger charge is 2.25. The van der Waals surface area contributed by atoms with Gasteiger partial charge in [0.2, 0.25) is 5.91 Å². The lowest BCUT2D eigenvalue weighted by Crippen LogP contribution is -2.40. The molecule has 1 atom stereocenters. The van der Waals surface area contributed by atoms with Crippen LogP contribution in [0.25, 0.3) is 0 Å². The Kier molecular flexibility index (Phi) is 3.85. The summed E-state index contributed by atoms with van der Waals surface area (Å²) in [6.07, 6.45) is 7.12. The van der Waals surface area contributed by atoms with Crippen molar-refractivity contribution in [3.8, 4) is 0 Å². The van der Waals surface area contributed by atoms with Gasteiger partial charge in [0.25, 0.3) is 0 Å². The Hall–Kier alpha value is -2.37. The molecule has 2 aromatic rings. The van der Waals surface area contributed by atoms with Crippen molar-refractivity contribution in [2.45, 2.75) is 25.3 Å². The number of aromatic nitrogens is 3. The van der Waals surface area contributed by atoms with Crippen LogP contribution in [0.2, 0.25) is 0 Å². The van der Waals surface area contributed by atoms with Gasteiger partial charge in [-0.1, -0.05) is 0 Å². The number of piperidine rings is 1. The van der Waals surface area contributed by atoms with E-state index < -0.39 is 0 Å². The Bertz CT molecular complexity index is 642. The van der Waals surface area contributed by atoms with Crippen molar-refractivity contribution in [1.82, 2.24) is 19.7 Å². The monoisotopic (exact) mass is 286 g/mol. The molecule has 1 amide bonds. The molecule has 6 nitrogen and oxygen atoms in total. The molecule has 6 heteroatoms. The molecule has 1 N–H and O–H groups in total. The Labute approximate surface area is 122 Å². The van der Waals surface area contributed by atoms with E-state index in [4.69, 9.17) is 0 Å². The maximum absolute atomic E-state index is 12.4. The molecule has 0 bridgehead atoms. The Morgan fingerprint density at radius 2 is 2.14 bits per heavy atom. The molecule has 1 aliphatic heterocycles. The predicted octanol–water partition coefficient (Wildman–Crippen LogP) is 0.978. The molecule has 1 fully saturated rings. The molecule has 21 heavy (non-hydrogen) atoms. The maximum Gasteiger partial charge on any atom is 0.242 e. The van der Waals surface area contributed by atoms with Gasteiger partial charge in [-0.25, -0.2) is 0 Å². The number of nitrogens with zero attached hydrogens (tertiary/aromatic N) is 3. The highest BCUT2D eigenvalue weighted by Crippen LogP contribution is 2.25. The van der Waals surface area contributed by atoms with Crippen LogP contribution < -0.4 is 5.43 Å². The lowest BCUT2D eigenvalue weighted by atomic mass is 9.95. The second-order valence-corrected chi connectivity index (χ2v) is 5.40. The fourth-order valence-electron chi connectivity index (χ4n) is 2.76. The predicted molar refractivity (Wildman–Crippen MR) is 77.8 cm³/mol. The summed E-state index contributed by atoms with van der Waals surface area (Å²) < 4.78 is 1.74. The number of aromatic amines is 1. The summed E-state index contributed by atoms with van der Waals surface area (Å²) in [7, 11) is 0. The molecule has 110 valence electrons. The first-order chi connectivity index (χ1) is 10.2. The number of carbonyl (C=O) groups is 1. The van der Waals surface area contributed by atoms with E-state index >= 15 is 0 Å². The van der Waals surface area contributed by atoms with Crippen molar-refractivity contribution in [1.29, 1.82) is 0 Å². The molecule has 0 aliphatic carbocycles. The first-order valence-electron chi connectivity index (χ1n) is 7.15. The smallest absolute Gasteiger partial charge is 0.242 e. The zero-order valence-corrected chi connectivity index (χ0v) is 11.7. The van der Waals surface area contributed by atoms with Gasteiger partial charge in [0.1, 0.15) is 6.54 Å². The average Bonchev–Trinajstić information content (AvgIpc) is 3.04. The second-order valence-electron chi connectivity index (χ2n) is 5.40. The summed E-state index contributed by atoms with van der Waals surface area (Å²) in [6, 6.07) is 4.91. The number of H-pyrrole nitrogens is 1. The third kappa shape index (κ3) is 3.21. The minimum absolute atomic E-state index is 0.0454. The van der Waals surface area contributed by atoms with Gasteiger partial charge in [0, 0.05) is 55.4 Å². The van der Waals surface area contributed by atoms with Gasteiger partial charge in [-0.15, -0.1) is 0 Å². The molecular formula is C15H18N4O2. The van der Waals surface area contributed by atoms with E-state index in [0.29, 0.717) is 5.92 Å². The second kappa shape index (κ2) is 5.95. The van der Waals surface area contributed by atoms with E-state index in [1.165, 1.54) is 12.1 Å². The number of carbonyl (C=O) groups excluding carboxylic acids is 1. The van der Waals surface area contributed by atoms with E-state index in [0.717, 1.165) is 31.6 Å². The summed E-state index contributed by atoms with van der Waals surface area (Å²) in [6.45, 7) is 1.79. The molecule has 0 saturated carbocycles. The Morgan fingerprint density at radius 3 is 2.86 bits per heavy atom. The fraction of sp³-hybridized carbons (Fsp3) is 0.400. The zero-order chi connectivity index (χ0) is 14.7. The van der Waals surface area contributed by atoms with Crippen LogP contribution in [-0.4, -0.2) is 38.7 Å². The van der Waals surface area contributed by atoms with Crippen LogP contribution in [0, 0.1) is 0 Å². The van der Waals surface area contributed by atoms with Gasteiger partial charge in [0.15, 0.2) is 5.43 Å². The SMILES string of the molecule is O=C(Cn1ccc(=O)cc1)N1CCC[C@H](c2ccn[nH]2)C1. The summed E-state index contributed by atoms with van der Waals surface area (Å²) in [4.78, 5) is 25.3. The quantitative estimate of drug-likeness (QED) is 0.914. The molecule has 0 radical (unpaired) electrons. The zero-order valence-electron chi connectivity index (χ0n) is 11.7. The molecule has 0 aromatic carbocycles. The van der Waals surface area contributed by atoms with Crippen molar-refractivity contribution in [2.24, 2.45) is 0 Å². The van der Waals surface area contributed by atoms with Crippen molar-refractivity contribution >= 4 is 5.91 Å². The number of amides is 1. The van der Waals surface area contributed by atoms with Crippen molar-refractivity contribution in [2.75, 3.05) is 13.1 Å². The summed E-state index contributed by atoms with van der Waals surface area (Å²) in [5.41, 5.74) is 1.05. The summed E-state index contributed by atoms with van der Waals surface area (Å²) >= 11 is 0. The minimum Gasteiger partial charge on any atom is -0.345 e. The van der Waals surface area contributed by atoms with E-state index in [1.807, 2.05) is 11.0 Å². The standard InChI is InChI=1S/C15H18N4O2/c20-13-4-8-18(9-5-13)11-15(21)19-7-1-2-12(10-19)14-3-6-16-17-14/h3-6,8-9,12H,1-2,7,10-11H2,(H,16,17)/t12-/m0/s1. The van der Waals surface area contributed by atoms with E-state index in [-0.39, 0.29) is 17.9 Å². The van der Waals surface area contributed by atoms with Gasteiger partial charge in [-0.05, 0) is 18.9 Å². The van der Waals surface area contributed by atoms with E-state index in [9.17, 15) is 9.59 Å². The van der Waals surface area contributed by atoms with E-state index in [2.05, 4.69) is 10.2 Å². The van der Waals surface area contributed by atoms with Gasteiger partial charge < -0.3 is 9.47 Å². The number of hydrogen-bond donors (Lipinski definition) is 1. The minimum atomic E-state index is -0.0454. The number of hydrogen-bond acceptors (Lipinski definition) is 3. The van der Waals surface area contributed by atoms with Crippen LogP contribution in [0.15, 0.2) is 41.6 Å². The first kappa shape index (κ1) is 13.6. The lowest BCUT2D eigenvalue weighted by Gasteiger charge is -2.32. The molecule has 3 heterocycles. The largest absolute Gasteiger partial charge is 0.345 e. The summed E-state index contributed by atoms with van der Waals surface area (Å²) in [5, 5.41) is 6.98. The third-order valence-electron chi connectivity index (χ3n) is 3.91. The van der Waals surface area contributed by atoms with Crippen LogP contribution in [0.1, 0.15) is 24.5 Å². The molecule has 1 aliphatic rings. The van der Waals surface area contributed by atoms with Crippen molar-refractivity contribution < 1.29 is 4.79 Å². The highest BCUT2D eigenvalue weighted by atomic mass is 16.2. The van der Waals surface area contributed by atoms with Gasteiger partial charge >= 0.3 is 0 Å². The number of nitrogens with one attached hydrogen (secondary N) is 1. The topological polar surface area (TPSA) is 71.0 Å². The molecule has 0 unspecified atom stereocenters. The number of pyridine rings is 1. The molecular weight excluding hydrogens is 268 g/mol. The normalized spacial score (nSPS) is 18.7. The van der Waals surface area contributed by atoms with Gasteiger partial charge in [-0.3, -0.25) is 14.7 Å². The average molecular weight is 286 g/mol. The molecule has 0 spiro atoms. The number of likely N-dealkylation sites (tertiary alicyclic amines) is 1. The highest BCUT2D eigenvalue weighted by molar-refractivity contribution is 5.76. The maximum atomic E-state index is 12.4. The van der Waals surface area contributed by atoms with Crippen molar-refractivity contribution in [3.05, 3.63) is 52.7 Å². The van der Waals surface area contributed by atoms with Crippen LogP contribution in [0.4, 0.5) is 0 Å². The van der Waals surface area contributed by atoms with Gasteiger partial charge in [0.05, 0.1) is 0 Å². The third-order valence-corrected chi connectivity index (χ3v) is 3.91. The summed E-state index contributed by atoms with van der Waals surface area (Å²) in [5.74, 6) is 0.419. The fourth-order valence-corrected chi connectivity index (χ4v) is 2.76. The molecule has 1 saturated heterocycles. The molecule has 3 rings (SSSR count). The van der Waals surface area contributed by atoms with Crippen LogP contribution in [0.3, 0.4) is 0 Å². The first-order valence-corrected chi connectivity index (χ1v) is 7.15. The van der Waals surface area contributed by atoms with Crippen LogP contribution >= 0.6 is 0 Å². The Morgan fingerprint density at radius 1 is 1.33 bits per heavy atom. The van der Waals surface area contributed by atoms with Gasteiger partial charge in [-0.2, -0.15) is 5.10 Å². The molecule has 2 aromatic heterocycles. The van der Waals surface area contributed by atoms with Crippen LogP contribution in [0.5, 0.6) is 0 Å².